The Balaban J connectivity index is 1.89. The summed E-state index contributed by atoms with van der Waals surface area (Å²) in [5, 5.41) is 3.43. The van der Waals surface area contributed by atoms with Gasteiger partial charge in [-0.15, -0.1) is 0 Å². The number of ether oxygens (including phenoxy) is 2. The molecule has 0 bridgehead atoms. The van der Waals surface area contributed by atoms with E-state index in [9.17, 15) is 18.4 Å². The molecule has 0 aliphatic carbocycles. The second-order valence-corrected chi connectivity index (χ2v) is 10.6. The summed E-state index contributed by atoms with van der Waals surface area (Å²) in [4.78, 5) is 28.9. The number of methoxy groups -OCH3 is 1. The predicted molar refractivity (Wildman–Crippen MR) is 136 cm³/mol. The molecular weight excluding hydrogens is 478 g/mol. The van der Waals surface area contributed by atoms with Crippen molar-refractivity contribution >= 4 is 12.1 Å². The molecule has 200 valence electrons. The van der Waals surface area contributed by atoms with Crippen molar-refractivity contribution in [2.24, 2.45) is 5.92 Å². The van der Waals surface area contributed by atoms with Gasteiger partial charge in [-0.1, -0.05) is 56.2 Å². The minimum absolute atomic E-state index is 0.345. The first-order valence-corrected chi connectivity index (χ1v) is 13.0. The highest BCUT2D eigenvalue weighted by Crippen LogP contribution is 2.49. The molecule has 4 atom stereocenters. The molecular formula is C29H36F2N2O4. The van der Waals surface area contributed by atoms with Crippen molar-refractivity contribution in [3.05, 3.63) is 71.3 Å². The van der Waals surface area contributed by atoms with Crippen LogP contribution in [0.25, 0.3) is 0 Å². The summed E-state index contributed by atoms with van der Waals surface area (Å²) in [6.07, 6.45) is 2.27. The third kappa shape index (κ3) is 4.83. The number of nitrogens with zero attached hydrogens (tertiary/aromatic N) is 1. The van der Waals surface area contributed by atoms with E-state index >= 15 is 0 Å². The van der Waals surface area contributed by atoms with Gasteiger partial charge in [-0.25, -0.2) is 13.6 Å². The van der Waals surface area contributed by atoms with Gasteiger partial charge in [0.2, 0.25) is 0 Å². The fourth-order valence-corrected chi connectivity index (χ4v) is 6.31. The second kappa shape index (κ2) is 10.8. The van der Waals surface area contributed by atoms with E-state index < -0.39 is 40.8 Å². The van der Waals surface area contributed by atoms with Gasteiger partial charge in [0.25, 0.3) is 0 Å². The number of hydrogen-bond acceptors (Lipinski definition) is 5. The van der Waals surface area contributed by atoms with Gasteiger partial charge in [0.05, 0.1) is 7.11 Å². The van der Waals surface area contributed by atoms with E-state index in [1.165, 1.54) is 13.2 Å². The van der Waals surface area contributed by atoms with Crippen LogP contribution in [0.5, 0.6) is 0 Å². The lowest BCUT2D eigenvalue weighted by molar-refractivity contribution is -0.153. The van der Waals surface area contributed by atoms with Crippen LogP contribution in [0.1, 0.15) is 63.6 Å². The molecule has 2 aromatic carbocycles. The van der Waals surface area contributed by atoms with Crippen LogP contribution in [0.15, 0.2) is 48.5 Å². The van der Waals surface area contributed by atoms with Crippen LogP contribution in [0.3, 0.4) is 0 Å². The monoisotopic (exact) mass is 514 g/mol. The normalized spacial score (nSPS) is 26.0. The average Bonchev–Trinajstić information content (AvgIpc) is 3.14. The van der Waals surface area contributed by atoms with E-state index in [-0.39, 0.29) is 11.9 Å². The lowest BCUT2D eigenvalue weighted by Gasteiger charge is -2.49. The average molecular weight is 515 g/mol. The zero-order chi connectivity index (χ0) is 26.8. The molecule has 6 nitrogen and oxygen atoms in total. The van der Waals surface area contributed by atoms with Crippen molar-refractivity contribution in [2.45, 2.75) is 69.6 Å². The third-order valence-electron chi connectivity index (χ3n) is 7.96. The molecule has 1 amide bonds. The first-order valence-electron chi connectivity index (χ1n) is 13.0. The maximum atomic E-state index is 14.4. The summed E-state index contributed by atoms with van der Waals surface area (Å²) in [6, 6.07) is 12.2. The number of esters is 1. The predicted octanol–water partition coefficient (Wildman–Crippen LogP) is 5.52. The van der Waals surface area contributed by atoms with Gasteiger partial charge >= 0.3 is 12.1 Å². The maximum Gasteiger partial charge on any atom is 0.411 e. The van der Waals surface area contributed by atoms with E-state index in [1.54, 1.807) is 18.7 Å². The lowest BCUT2D eigenvalue weighted by atomic mass is 9.62. The summed E-state index contributed by atoms with van der Waals surface area (Å²) in [5.41, 5.74) is -0.714. The Labute approximate surface area is 217 Å². The van der Waals surface area contributed by atoms with Crippen molar-refractivity contribution in [3.63, 3.8) is 0 Å². The summed E-state index contributed by atoms with van der Waals surface area (Å²) in [7, 11) is 1.39. The largest absolute Gasteiger partial charge is 0.468 e. The Hall–Kier alpha value is -3.00. The van der Waals surface area contributed by atoms with Crippen LogP contribution >= 0.6 is 0 Å². The zero-order valence-electron chi connectivity index (χ0n) is 21.9. The number of nitrogens with one attached hydrogen (secondary N) is 1. The number of unbranched alkanes of at least 4 members (excludes halogenated alkanes) is 1. The Bertz CT molecular complexity index is 1130. The second-order valence-electron chi connectivity index (χ2n) is 10.6. The van der Waals surface area contributed by atoms with Crippen molar-refractivity contribution < 1.29 is 27.8 Å². The molecule has 2 aromatic rings. The number of piperidine rings is 1. The summed E-state index contributed by atoms with van der Waals surface area (Å²) in [5.74, 6) is -2.63. The number of carbonyl (C=O) groups is 2. The topological polar surface area (TPSA) is 67.9 Å². The Morgan fingerprint density at radius 3 is 2.57 bits per heavy atom. The van der Waals surface area contributed by atoms with Crippen LogP contribution in [-0.2, 0) is 19.7 Å². The maximum absolute atomic E-state index is 14.4. The van der Waals surface area contributed by atoms with Gasteiger partial charge in [-0.05, 0) is 56.5 Å². The van der Waals surface area contributed by atoms with Crippen molar-refractivity contribution in [3.8, 4) is 0 Å². The Morgan fingerprint density at radius 2 is 1.92 bits per heavy atom. The van der Waals surface area contributed by atoms with Crippen molar-refractivity contribution in [1.82, 2.24) is 10.2 Å². The number of benzene rings is 2. The fourth-order valence-electron chi connectivity index (χ4n) is 6.31. The highest BCUT2D eigenvalue weighted by molar-refractivity contribution is 5.84. The smallest absolute Gasteiger partial charge is 0.411 e. The molecule has 0 spiro atoms. The minimum atomic E-state index is -1.01. The molecule has 1 N–H and O–H groups in total. The number of amides is 1. The molecule has 8 heteroatoms. The summed E-state index contributed by atoms with van der Waals surface area (Å²) < 4.78 is 39.5. The SMILES string of the molecule is CCCCC(C1CNCCC1(C(=O)OC)c1ccccc1)N1C(=O)OC(C)(C)C1c1ccc(F)c(F)c1. The number of hydrogen-bond donors (Lipinski definition) is 1. The number of cyclic esters (lactones) is 1. The van der Waals surface area contributed by atoms with Crippen molar-refractivity contribution in [2.75, 3.05) is 20.2 Å². The Morgan fingerprint density at radius 1 is 1.19 bits per heavy atom. The lowest BCUT2D eigenvalue weighted by Crippen LogP contribution is -2.61. The molecule has 4 unspecified atom stereocenters. The highest BCUT2D eigenvalue weighted by atomic mass is 19.2. The van der Waals surface area contributed by atoms with Gasteiger partial charge in [-0.2, -0.15) is 0 Å². The van der Waals surface area contributed by atoms with Gasteiger partial charge in [0, 0.05) is 18.5 Å². The van der Waals surface area contributed by atoms with E-state index in [0.29, 0.717) is 31.5 Å². The minimum Gasteiger partial charge on any atom is -0.468 e. The Kier molecular flexibility index (Phi) is 7.88. The molecule has 2 fully saturated rings. The first-order chi connectivity index (χ1) is 17.7. The zero-order valence-corrected chi connectivity index (χ0v) is 21.9. The number of carbonyl (C=O) groups excluding carboxylic acids is 2. The van der Waals surface area contributed by atoms with Crippen LogP contribution in [0, 0.1) is 17.6 Å². The molecule has 2 aliphatic heterocycles. The standard InChI is InChI=1S/C29H36F2N2O4/c1-5-6-12-24(21-18-32-16-15-29(21,26(34)36-4)20-10-8-7-9-11-20)33-25(28(2,3)37-27(33)35)19-13-14-22(30)23(31)17-19/h7-11,13-14,17,21,24-25,32H,5-6,12,15-16,18H2,1-4H3. The number of rotatable bonds is 8. The quantitative estimate of drug-likeness (QED) is 0.470. The fraction of sp³-hybridized carbons (Fsp3) is 0.517. The van der Waals surface area contributed by atoms with E-state index in [0.717, 1.165) is 30.5 Å². The molecule has 0 radical (unpaired) electrons. The van der Waals surface area contributed by atoms with E-state index in [4.69, 9.17) is 9.47 Å². The van der Waals surface area contributed by atoms with Gasteiger partial charge < -0.3 is 14.8 Å². The molecule has 0 saturated carbocycles. The van der Waals surface area contributed by atoms with Gasteiger partial charge in [0.1, 0.15) is 17.1 Å². The molecule has 2 saturated heterocycles. The third-order valence-corrected chi connectivity index (χ3v) is 7.96. The number of halogens is 2. The summed E-state index contributed by atoms with van der Waals surface area (Å²) in [6.45, 7) is 6.71. The highest BCUT2D eigenvalue weighted by Gasteiger charge is 2.58. The van der Waals surface area contributed by atoms with Gasteiger partial charge in [0.15, 0.2) is 11.6 Å². The van der Waals surface area contributed by atoms with Crippen LogP contribution < -0.4 is 5.32 Å². The molecule has 0 aromatic heterocycles. The van der Waals surface area contributed by atoms with E-state index in [2.05, 4.69) is 12.2 Å². The van der Waals surface area contributed by atoms with Crippen LogP contribution in [-0.4, -0.2) is 48.8 Å². The molecule has 4 rings (SSSR count). The first kappa shape index (κ1) is 27.0. The van der Waals surface area contributed by atoms with Crippen LogP contribution in [0.4, 0.5) is 13.6 Å². The van der Waals surface area contributed by atoms with Crippen LogP contribution in [0.2, 0.25) is 0 Å². The van der Waals surface area contributed by atoms with Crippen molar-refractivity contribution in [1.29, 1.82) is 0 Å². The molecule has 2 aliphatic rings. The van der Waals surface area contributed by atoms with Gasteiger partial charge in [-0.3, -0.25) is 9.69 Å². The molecule has 37 heavy (non-hydrogen) atoms. The molecule has 2 heterocycles. The summed E-state index contributed by atoms with van der Waals surface area (Å²) >= 11 is 0. The van der Waals surface area contributed by atoms with E-state index in [1.807, 2.05) is 30.3 Å².